The first-order chi connectivity index (χ1) is 10.6. The van der Waals surface area contributed by atoms with Gasteiger partial charge in [0.05, 0.1) is 0 Å². The van der Waals surface area contributed by atoms with E-state index >= 15 is 0 Å². The van der Waals surface area contributed by atoms with Gasteiger partial charge in [-0.2, -0.15) is 0 Å². The van der Waals surface area contributed by atoms with E-state index in [4.69, 9.17) is 0 Å². The van der Waals surface area contributed by atoms with Crippen molar-refractivity contribution in [3.05, 3.63) is 0 Å². The summed E-state index contributed by atoms with van der Waals surface area (Å²) in [7, 11) is 0. The summed E-state index contributed by atoms with van der Waals surface area (Å²) in [5.74, 6) is 0.888. The molecule has 2 heteroatoms. The Kier molecular flexibility index (Phi) is 10.7. The minimum absolute atomic E-state index is 0.888. The number of rotatable bonds is 12. The predicted molar refractivity (Wildman–Crippen MR) is 104 cm³/mol. The summed E-state index contributed by atoms with van der Waals surface area (Å²) < 4.78 is 6.04. The van der Waals surface area contributed by atoms with Gasteiger partial charge in [0.1, 0.15) is 0 Å². The SMILES string of the molecule is CCC[CH2][Sn]([CH2]CCC)([CH2]CCC)[CH](C(C)C)N1CCCC1. The van der Waals surface area contributed by atoms with Gasteiger partial charge in [0.2, 0.25) is 0 Å². The third-order valence-electron chi connectivity index (χ3n) is 5.88. The molecule has 1 aliphatic rings. The first kappa shape index (κ1) is 20.8. The molecule has 1 unspecified atom stereocenters. The quantitative estimate of drug-likeness (QED) is 0.329. The summed E-state index contributed by atoms with van der Waals surface area (Å²) in [6.45, 7) is 15.1. The average Bonchev–Trinajstić information content (AvgIpc) is 3.01. The molecule has 132 valence electrons. The summed E-state index contributed by atoms with van der Waals surface area (Å²) in [4.78, 5) is 2.97. The Bertz CT molecular complexity index is 249. The Morgan fingerprint density at radius 3 is 1.50 bits per heavy atom. The van der Waals surface area contributed by atoms with Crippen LogP contribution in [0.4, 0.5) is 0 Å². The van der Waals surface area contributed by atoms with Gasteiger partial charge < -0.3 is 0 Å². The van der Waals surface area contributed by atoms with Crippen LogP contribution in [0, 0.1) is 5.92 Å². The molecule has 0 spiro atoms. The molecular formula is C20H43NSn. The van der Waals surface area contributed by atoms with Crippen LogP contribution in [0.2, 0.25) is 13.3 Å². The van der Waals surface area contributed by atoms with Gasteiger partial charge >= 0.3 is 146 Å². The molecule has 0 N–H and O–H groups in total. The molecule has 1 atom stereocenters. The van der Waals surface area contributed by atoms with Crippen LogP contribution in [0.1, 0.15) is 86.0 Å². The Hall–Kier alpha value is 0.759. The van der Waals surface area contributed by atoms with Crippen LogP contribution >= 0.6 is 0 Å². The summed E-state index contributed by atoms with van der Waals surface area (Å²) in [6.07, 6.45) is 11.7. The van der Waals surface area contributed by atoms with Gasteiger partial charge in [-0.25, -0.2) is 0 Å². The molecule has 1 rings (SSSR count). The monoisotopic (exact) mass is 417 g/mol. The summed E-state index contributed by atoms with van der Waals surface area (Å²) in [5.41, 5.74) is 0. The normalized spacial score (nSPS) is 18.3. The molecule has 1 saturated heterocycles. The molecule has 0 radical (unpaired) electrons. The van der Waals surface area contributed by atoms with Gasteiger partial charge in [0, 0.05) is 0 Å². The van der Waals surface area contributed by atoms with Crippen LogP contribution in [0.15, 0.2) is 0 Å². The fourth-order valence-corrected chi connectivity index (χ4v) is 25.7. The molecule has 0 aromatic rings. The van der Waals surface area contributed by atoms with Crippen molar-refractivity contribution in [2.24, 2.45) is 5.92 Å². The molecule has 0 aromatic heterocycles. The molecule has 1 nitrogen and oxygen atoms in total. The molecule has 0 aromatic carbocycles. The van der Waals surface area contributed by atoms with Gasteiger partial charge in [0.25, 0.3) is 0 Å². The van der Waals surface area contributed by atoms with Crippen molar-refractivity contribution in [3.63, 3.8) is 0 Å². The van der Waals surface area contributed by atoms with Gasteiger partial charge in [-0.05, 0) is 0 Å². The Balaban J connectivity index is 3.01. The number of unbranched alkanes of at least 4 members (excludes halogenated alkanes) is 3. The number of hydrogen-bond acceptors (Lipinski definition) is 1. The van der Waals surface area contributed by atoms with E-state index in [1.165, 1.54) is 64.5 Å². The fraction of sp³-hybridized carbons (Fsp3) is 1.00. The Morgan fingerprint density at radius 1 is 0.773 bits per heavy atom. The van der Waals surface area contributed by atoms with Crippen LogP contribution in [0.25, 0.3) is 0 Å². The van der Waals surface area contributed by atoms with Crippen LogP contribution in [0.5, 0.6) is 0 Å². The van der Waals surface area contributed by atoms with E-state index in [1.807, 2.05) is 0 Å². The first-order valence-electron chi connectivity index (χ1n) is 10.3. The number of hydrogen-bond donors (Lipinski definition) is 0. The van der Waals surface area contributed by atoms with Crippen molar-refractivity contribution in [3.8, 4) is 0 Å². The Morgan fingerprint density at radius 2 is 1.18 bits per heavy atom. The summed E-state index contributed by atoms with van der Waals surface area (Å²) in [6, 6.07) is 0. The molecular weight excluding hydrogens is 373 g/mol. The predicted octanol–water partition coefficient (Wildman–Crippen LogP) is 6.50. The van der Waals surface area contributed by atoms with E-state index in [2.05, 4.69) is 39.5 Å². The van der Waals surface area contributed by atoms with E-state index in [-0.39, 0.29) is 0 Å². The maximum absolute atomic E-state index is 2.97. The fourth-order valence-electron chi connectivity index (χ4n) is 4.94. The van der Waals surface area contributed by atoms with Crippen LogP contribution in [0.3, 0.4) is 0 Å². The number of likely N-dealkylation sites (tertiary alicyclic amines) is 1. The second-order valence-corrected chi connectivity index (χ2v) is 21.9. The van der Waals surface area contributed by atoms with Gasteiger partial charge in [0.15, 0.2) is 0 Å². The van der Waals surface area contributed by atoms with Crippen molar-refractivity contribution in [2.45, 2.75) is 103 Å². The van der Waals surface area contributed by atoms with E-state index in [0.717, 1.165) is 9.98 Å². The van der Waals surface area contributed by atoms with Gasteiger partial charge in [-0.1, -0.05) is 0 Å². The molecule has 0 aliphatic carbocycles. The third-order valence-corrected chi connectivity index (χ3v) is 24.0. The van der Waals surface area contributed by atoms with E-state index in [1.54, 1.807) is 13.3 Å². The third kappa shape index (κ3) is 6.00. The summed E-state index contributed by atoms with van der Waals surface area (Å²) >= 11 is -2.10. The molecule has 1 aliphatic heterocycles. The van der Waals surface area contributed by atoms with Gasteiger partial charge in [-0.15, -0.1) is 0 Å². The van der Waals surface area contributed by atoms with Crippen molar-refractivity contribution in [1.29, 1.82) is 0 Å². The molecule has 0 amide bonds. The van der Waals surface area contributed by atoms with Gasteiger partial charge in [-0.3, -0.25) is 0 Å². The van der Waals surface area contributed by atoms with Crippen LogP contribution in [-0.2, 0) is 0 Å². The zero-order valence-corrected chi connectivity index (χ0v) is 19.1. The zero-order valence-electron chi connectivity index (χ0n) is 16.3. The van der Waals surface area contributed by atoms with Crippen molar-refractivity contribution in [2.75, 3.05) is 13.1 Å². The molecule has 1 fully saturated rings. The van der Waals surface area contributed by atoms with E-state index in [9.17, 15) is 0 Å². The first-order valence-corrected chi connectivity index (χ1v) is 18.1. The minimum atomic E-state index is -2.10. The molecule has 0 bridgehead atoms. The molecule has 1 heterocycles. The van der Waals surface area contributed by atoms with Crippen molar-refractivity contribution >= 4 is 18.4 Å². The standard InChI is InChI=1S/C8H16N.3C4H9.Sn/c1-8(2)7-9-5-3-4-6-9;3*1-3-4-2;/h7-8H,3-6H2,1-2H3;3*1,3-4H2,2H3;. The second kappa shape index (κ2) is 11.3. The topological polar surface area (TPSA) is 3.24 Å². The zero-order chi connectivity index (χ0) is 16.4. The molecule has 22 heavy (non-hydrogen) atoms. The van der Waals surface area contributed by atoms with E-state index in [0.29, 0.717) is 0 Å². The second-order valence-electron chi connectivity index (χ2n) is 8.10. The Labute approximate surface area is 145 Å². The molecule has 0 saturated carbocycles. The van der Waals surface area contributed by atoms with E-state index < -0.39 is 18.4 Å². The average molecular weight is 416 g/mol. The summed E-state index contributed by atoms with van der Waals surface area (Å²) in [5, 5.41) is 0. The van der Waals surface area contributed by atoms with Crippen molar-refractivity contribution < 1.29 is 0 Å². The van der Waals surface area contributed by atoms with Crippen LogP contribution < -0.4 is 0 Å². The maximum atomic E-state index is 2.97. The van der Waals surface area contributed by atoms with Crippen molar-refractivity contribution in [1.82, 2.24) is 4.90 Å². The number of nitrogens with zero attached hydrogens (tertiary/aromatic N) is 1. The van der Waals surface area contributed by atoms with Crippen LogP contribution in [-0.4, -0.2) is 40.4 Å².